The van der Waals surface area contributed by atoms with Gasteiger partial charge in [0.15, 0.2) is 11.5 Å². The number of benzene rings is 2. The van der Waals surface area contributed by atoms with Gasteiger partial charge >= 0.3 is 0 Å². The minimum absolute atomic E-state index is 0.0772. The van der Waals surface area contributed by atoms with Gasteiger partial charge < -0.3 is 14.6 Å². The highest BCUT2D eigenvalue weighted by Crippen LogP contribution is 2.29. The van der Waals surface area contributed by atoms with Gasteiger partial charge in [0.2, 0.25) is 5.16 Å². The Morgan fingerprint density at radius 1 is 1.24 bits per heavy atom. The molecule has 1 aromatic heterocycles. The van der Waals surface area contributed by atoms with Crippen molar-refractivity contribution >= 4 is 17.8 Å². The van der Waals surface area contributed by atoms with Gasteiger partial charge in [0.1, 0.15) is 12.4 Å². The molecule has 2 aromatic carbocycles. The van der Waals surface area contributed by atoms with Gasteiger partial charge in [-0.05, 0) is 53.2 Å². The van der Waals surface area contributed by atoms with E-state index in [0.29, 0.717) is 28.1 Å². The lowest BCUT2D eigenvalue weighted by atomic mass is 10.2. The second-order valence-electron chi connectivity index (χ2n) is 6.04. The van der Waals surface area contributed by atoms with Crippen LogP contribution in [0.3, 0.4) is 0 Å². The van der Waals surface area contributed by atoms with Gasteiger partial charge in [-0.3, -0.25) is 0 Å². The van der Waals surface area contributed by atoms with E-state index in [-0.39, 0.29) is 12.4 Å². The summed E-state index contributed by atoms with van der Waals surface area (Å²) >= 11 is 1.25. The van der Waals surface area contributed by atoms with Crippen LogP contribution in [-0.4, -0.2) is 50.9 Å². The molecule has 1 heterocycles. The number of rotatable bonds is 9. The third-order valence-electron chi connectivity index (χ3n) is 3.88. The molecule has 3 aromatic rings. The molecule has 0 fully saturated rings. The van der Waals surface area contributed by atoms with Crippen LogP contribution in [0.15, 0.2) is 53.7 Å². The summed E-state index contributed by atoms with van der Waals surface area (Å²) in [6.45, 7) is 2.02. The molecule has 152 valence electrons. The fraction of sp³-hybridized carbons (Fsp3) is 0.250. The van der Waals surface area contributed by atoms with E-state index < -0.39 is 6.10 Å². The average molecular weight is 416 g/mol. The first-order valence-electron chi connectivity index (χ1n) is 8.89. The van der Waals surface area contributed by atoms with E-state index >= 15 is 0 Å². The predicted octanol–water partition coefficient (Wildman–Crippen LogP) is 3.38. The molecular weight excluding hydrogens is 395 g/mol. The van der Waals surface area contributed by atoms with Crippen LogP contribution in [0.25, 0.3) is 11.8 Å². The molecule has 0 aliphatic rings. The number of halogens is 1. The van der Waals surface area contributed by atoms with Gasteiger partial charge in [0.25, 0.3) is 0 Å². The SMILES string of the molecule is C/C=C/c1ccc(OCC(O)CSc2nnnn2-c2cccc(F)c2)c(OC)c1. The van der Waals surface area contributed by atoms with E-state index in [1.807, 2.05) is 31.2 Å². The molecule has 1 N–H and O–H groups in total. The normalized spacial score (nSPS) is 12.3. The fourth-order valence-corrected chi connectivity index (χ4v) is 3.34. The second-order valence-corrected chi connectivity index (χ2v) is 7.03. The number of aliphatic hydroxyl groups is 1. The minimum atomic E-state index is -0.766. The van der Waals surface area contributed by atoms with Crippen molar-refractivity contribution in [1.29, 1.82) is 0 Å². The van der Waals surface area contributed by atoms with Crippen molar-refractivity contribution in [2.75, 3.05) is 19.5 Å². The molecule has 7 nitrogen and oxygen atoms in total. The lowest BCUT2D eigenvalue weighted by Gasteiger charge is -2.14. The molecule has 0 spiro atoms. The zero-order valence-corrected chi connectivity index (χ0v) is 16.8. The maximum Gasteiger partial charge on any atom is 0.214 e. The van der Waals surface area contributed by atoms with Crippen LogP contribution in [0, 0.1) is 5.82 Å². The van der Waals surface area contributed by atoms with E-state index in [2.05, 4.69) is 15.5 Å². The summed E-state index contributed by atoms with van der Waals surface area (Å²) in [5, 5.41) is 22.2. The number of thioether (sulfide) groups is 1. The first-order valence-corrected chi connectivity index (χ1v) is 9.88. The van der Waals surface area contributed by atoms with Crippen LogP contribution in [0.2, 0.25) is 0 Å². The maximum absolute atomic E-state index is 13.4. The van der Waals surface area contributed by atoms with Gasteiger partial charge in [-0.2, -0.15) is 4.68 Å². The molecule has 0 amide bonds. The number of hydrogen-bond acceptors (Lipinski definition) is 7. The van der Waals surface area contributed by atoms with Crippen molar-refractivity contribution in [1.82, 2.24) is 20.2 Å². The Morgan fingerprint density at radius 3 is 2.86 bits per heavy atom. The Labute approximate surface area is 172 Å². The number of tetrazole rings is 1. The number of aliphatic hydroxyl groups excluding tert-OH is 1. The predicted molar refractivity (Wildman–Crippen MR) is 109 cm³/mol. The van der Waals surface area contributed by atoms with Crippen LogP contribution < -0.4 is 9.47 Å². The smallest absolute Gasteiger partial charge is 0.214 e. The molecule has 0 aliphatic carbocycles. The number of aromatic nitrogens is 4. The van der Waals surface area contributed by atoms with Gasteiger partial charge in [0, 0.05) is 5.75 Å². The highest BCUT2D eigenvalue weighted by Gasteiger charge is 2.14. The number of hydrogen-bond donors (Lipinski definition) is 1. The van der Waals surface area contributed by atoms with Crippen LogP contribution in [0.5, 0.6) is 11.5 Å². The summed E-state index contributed by atoms with van der Waals surface area (Å²) in [4.78, 5) is 0. The summed E-state index contributed by atoms with van der Waals surface area (Å²) in [7, 11) is 1.57. The minimum Gasteiger partial charge on any atom is -0.493 e. The van der Waals surface area contributed by atoms with Gasteiger partial charge in [-0.15, -0.1) is 5.10 Å². The summed E-state index contributed by atoms with van der Waals surface area (Å²) in [5.41, 5.74) is 1.51. The third-order valence-corrected chi connectivity index (χ3v) is 4.94. The summed E-state index contributed by atoms with van der Waals surface area (Å²) in [5.74, 6) is 1.07. The molecule has 0 radical (unpaired) electrons. The van der Waals surface area contributed by atoms with Crippen molar-refractivity contribution < 1.29 is 19.0 Å². The molecule has 0 aliphatic heterocycles. The Kier molecular flexibility index (Phi) is 7.20. The lowest BCUT2D eigenvalue weighted by molar-refractivity contribution is 0.124. The lowest BCUT2D eigenvalue weighted by Crippen LogP contribution is -2.20. The first-order chi connectivity index (χ1) is 14.1. The Bertz CT molecular complexity index is 980. The van der Waals surface area contributed by atoms with E-state index in [1.54, 1.807) is 25.3 Å². The molecular formula is C20H21FN4O3S. The number of methoxy groups -OCH3 is 1. The Balaban J connectivity index is 1.58. The highest BCUT2D eigenvalue weighted by atomic mass is 32.2. The van der Waals surface area contributed by atoms with Crippen LogP contribution in [-0.2, 0) is 0 Å². The first kappa shape index (κ1) is 20.8. The molecule has 0 saturated carbocycles. The van der Waals surface area contributed by atoms with Crippen molar-refractivity contribution in [2.24, 2.45) is 0 Å². The number of ether oxygens (including phenoxy) is 2. The van der Waals surface area contributed by atoms with Crippen molar-refractivity contribution in [3.63, 3.8) is 0 Å². The fourth-order valence-electron chi connectivity index (χ4n) is 2.54. The van der Waals surface area contributed by atoms with Gasteiger partial charge in [0.05, 0.1) is 18.9 Å². The van der Waals surface area contributed by atoms with Crippen LogP contribution in [0.4, 0.5) is 4.39 Å². The Morgan fingerprint density at radius 2 is 2.10 bits per heavy atom. The van der Waals surface area contributed by atoms with Crippen molar-refractivity contribution in [3.8, 4) is 17.2 Å². The largest absolute Gasteiger partial charge is 0.493 e. The van der Waals surface area contributed by atoms with Gasteiger partial charge in [-0.1, -0.05) is 36.0 Å². The van der Waals surface area contributed by atoms with E-state index in [4.69, 9.17) is 9.47 Å². The van der Waals surface area contributed by atoms with E-state index in [0.717, 1.165) is 5.56 Å². The molecule has 29 heavy (non-hydrogen) atoms. The maximum atomic E-state index is 13.4. The molecule has 0 saturated heterocycles. The topological polar surface area (TPSA) is 82.3 Å². The summed E-state index contributed by atoms with van der Waals surface area (Å²) in [6, 6.07) is 11.5. The molecule has 3 rings (SSSR count). The van der Waals surface area contributed by atoms with E-state index in [9.17, 15) is 9.50 Å². The standard InChI is InChI=1S/C20H21FN4O3S/c1-3-5-14-8-9-18(19(10-14)27-2)28-12-17(26)13-29-20-22-23-24-25(20)16-7-4-6-15(21)11-16/h3-11,17,26H,12-13H2,1-2H3/b5-3+. The Hall–Kier alpha value is -2.91. The summed E-state index contributed by atoms with van der Waals surface area (Å²) < 4.78 is 25.9. The third kappa shape index (κ3) is 5.55. The van der Waals surface area contributed by atoms with Gasteiger partial charge in [-0.25, -0.2) is 4.39 Å². The molecule has 1 unspecified atom stereocenters. The number of allylic oxidation sites excluding steroid dienone is 1. The summed E-state index contributed by atoms with van der Waals surface area (Å²) in [6.07, 6.45) is 3.13. The molecule has 0 bridgehead atoms. The average Bonchev–Trinajstić information content (AvgIpc) is 3.20. The zero-order chi connectivity index (χ0) is 20.6. The second kappa shape index (κ2) is 10.0. The highest BCUT2D eigenvalue weighted by molar-refractivity contribution is 7.99. The van der Waals surface area contributed by atoms with Crippen LogP contribution >= 0.6 is 11.8 Å². The quantitative estimate of drug-likeness (QED) is 0.536. The van der Waals surface area contributed by atoms with Crippen LogP contribution in [0.1, 0.15) is 12.5 Å². The molecule has 1 atom stereocenters. The monoisotopic (exact) mass is 416 g/mol. The number of nitrogens with zero attached hydrogens (tertiary/aromatic N) is 4. The van der Waals surface area contributed by atoms with Crippen molar-refractivity contribution in [3.05, 3.63) is 59.9 Å². The van der Waals surface area contributed by atoms with Crippen molar-refractivity contribution in [2.45, 2.75) is 18.2 Å². The zero-order valence-electron chi connectivity index (χ0n) is 16.0. The van der Waals surface area contributed by atoms with E-state index in [1.165, 1.54) is 28.6 Å². The molecule has 9 heteroatoms.